The van der Waals surface area contributed by atoms with Crippen LogP contribution in [-0.2, 0) is 6.61 Å². The number of rotatable bonds is 4. The van der Waals surface area contributed by atoms with Gasteiger partial charge in [0.05, 0.1) is 0 Å². The third kappa shape index (κ3) is 3.05. The fourth-order valence-corrected chi connectivity index (χ4v) is 2.25. The molecule has 1 heterocycles. The van der Waals surface area contributed by atoms with Crippen molar-refractivity contribution < 1.29 is 4.74 Å². The van der Waals surface area contributed by atoms with Gasteiger partial charge in [-0.25, -0.2) is 0 Å². The van der Waals surface area contributed by atoms with Gasteiger partial charge in [0.25, 0.3) is 0 Å². The standard InChI is InChI=1S/C13H13NOS2/c1-9-7-10(13(14)16)4-5-12(9)15-8-11-3-2-6-17-11/h2-7H,8H2,1H3,(H2,14,16). The number of nitrogens with two attached hydrogens (primary N) is 1. The molecule has 4 heteroatoms. The molecule has 0 saturated heterocycles. The Balaban J connectivity index is 2.09. The number of aryl methyl sites for hydroxylation is 1. The van der Waals surface area contributed by atoms with Crippen LogP contribution in [0.2, 0.25) is 0 Å². The number of benzene rings is 1. The molecule has 2 rings (SSSR count). The van der Waals surface area contributed by atoms with Crippen molar-refractivity contribution >= 4 is 28.5 Å². The monoisotopic (exact) mass is 263 g/mol. The largest absolute Gasteiger partial charge is 0.488 e. The van der Waals surface area contributed by atoms with Crippen LogP contribution >= 0.6 is 23.6 Å². The first-order valence-electron chi connectivity index (χ1n) is 5.22. The van der Waals surface area contributed by atoms with Gasteiger partial charge in [-0.1, -0.05) is 18.3 Å². The predicted octanol–water partition coefficient (Wildman–Crippen LogP) is 3.27. The summed E-state index contributed by atoms with van der Waals surface area (Å²) in [6.07, 6.45) is 0. The molecule has 0 fully saturated rings. The quantitative estimate of drug-likeness (QED) is 0.860. The number of ether oxygens (including phenoxy) is 1. The zero-order valence-electron chi connectivity index (χ0n) is 9.47. The van der Waals surface area contributed by atoms with Gasteiger partial charge in [0.1, 0.15) is 17.3 Å². The second-order valence-corrected chi connectivity index (χ2v) is 5.18. The van der Waals surface area contributed by atoms with Crippen LogP contribution < -0.4 is 10.5 Å². The number of thiophene rings is 1. The van der Waals surface area contributed by atoms with E-state index in [1.165, 1.54) is 4.88 Å². The first-order valence-corrected chi connectivity index (χ1v) is 6.51. The van der Waals surface area contributed by atoms with Crippen LogP contribution in [0.25, 0.3) is 0 Å². The molecule has 0 atom stereocenters. The highest BCUT2D eigenvalue weighted by molar-refractivity contribution is 7.80. The number of hydrogen-bond acceptors (Lipinski definition) is 3. The van der Waals surface area contributed by atoms with E-state index in [2.05, 4.69) is 6.07 Å². The molecule has 1 aromatic heterocycles. The van der Waals surface area contributed by atoms with E-state index in [1.807, 2.05) is 36.6 Å². The first-order chi connectivity index (χ1) is 8.16. The van der Waals surface area contributed by atoms with E-state index in [-0.39, 0.29) is 0 Å². The van der Waals surface area contributed by atoms with Crippen molar-refractivity contribution in [3.63, 3.8) is 0 Å². The second kappa shape index (κ2) is 5.29. The minimum absolute atomic E-state index is 0.415. The summed E-state index contributed by atoms with van der Waals surface area (Å²) in [6.45, 7) is 2.59. The van der Waals surface area contributed by atoms with Crippen LogP contribution in [0.4, 0.5) is 0 Å². The minimum Gasteiger partial charge on any atom is -0.488 e. The zero-order chi connectivity index (χ0) is 12.3. The Hall–Kier alpha value is -1.39. The van der Waals surface area contributed by atoms with E-state index in [0.717, 1.165) is 16.9 Å². The van der Waals surface area contributed by atoms with Crippen LogP contribution in [0.15, 0.2) is 35.7 Å². The highest BCUT2D eigenvalue weighted by Gasteiger charge is 2.03. The molecular formula is C13H13NOS2. The molecule has 0 bridgehead atoms. The summed E-state index contributed by atoms with van der Waals surface area (Å²) in [5.41, 5.74) is 7.50. The molecule has 1 aromatic carbocycles. The van der Waals surface area contributed by atoms with E-state index in [1.54, 1.807) is 11.3 Å². The van der Waals surface area contributed by atoms with Gasteiger partial charge in [0, 0.05) is 10.4 Å². The van der Waals surface area contributed by atoms with Gasteiger partial charge in [-0.05, 0) is 42.1 Å². The molecule has 0 unspecified atom stereocenters. The van der Waals surface area contributed by atoms with Crippen molar-refractivity contribution in [2.24, 2.45) is 5.73 Å². The van der Waals surface area contributed by atoms with Gasteiger partial charge in [-0.2, -0.15) is 0 Å². The van der Waals surface area contributed by atoms with Crippen molar-refractivity contribution in [1.29, 1.82) is 0 Å². The zero-order valence-corrected chi connectivity index (χ0v) is 11.1. The average Bonchev–Trinajstić information content (AvgIpc) is 2.80. The lowest BCUT2D eigenvalue weighted by Crippen LogP contribution is -2.09. The van der Waals surface area contributed by atoms with Gasteiger partial charge in [0.2, 0.25) is 0 Å². The predicted molar refractivity (Wildman–Crippen MR) is 75.7 cm³/mol. The molecule has 88 valence electrons. The highest BCUT2D eigenvalue weighted by atomic mass is 32.1. The Morgan fingerprint density at radius 3 is 2.82 bits per heavy atom. The number of thiocarbonyl (C=S) groups is 1. The fourth-order valence-electron chi connectivity index (χ4n) is 1.51. The molecule has 2 nitrogen and oxygen atoms in total. The average molecular weight is 263 g/mol. The summed E-state index contributed by atoms with van der Waals surface area (Å²) in [5, 5.41) is 2.04. The Labute approximate surface area is 110 Å². The second-order valence-electron chi connectivity index (χ2n) is 3.71. The molecule has 0 aliphatic heterocycles. The van der Waals surface area contributed by atoms with Crippen LogP contribution in [0, 0.1) is 6.92 Å². The third-order valence-corrected chi connectivity index (χ3v) is 3.50. The molecule has 2 N–H and O–H groups in total. The minimum atomic E-state index is 0.415. The van der Waals surface area contributed by atoms with Crippen LogP contribution in [-0.4, -0.2) is 4.99 Å². The summed E-state index contributed by atoms with van der Waals surface area (Å²) in [5.74, 6) is 0.874. The van der Waals surface area contributed by atoms with Crippen LogP contribution in [0.1, 0.15) is 16.0 Å². The topological polar surface area (TPSA) is 35.2 Å². The Bertz CT molecular complexity index is 520. The number of hydrogen-bond donors (Lipinski definition) is 1. The summed E-state index contributed by atoms with van der Waals surface area (Å²) >= 11 is 6.62. The molecule has 0 amide bonds. The van der Waals surface area contributed by atoms with Gasteiger partial charge >= 0.3 is 0 Å². The van der Waals surface area contributed by atoms with Crippen molar-refractivity contribution in [1.82, 2.24) is 0 Å². The lowest BCUT2D eigenvalue weighted by molar-refractivity contribution is 0.307. The Morgan fingerprint density at radius 2 is 2.24 bits per heavy atom. The first kappa shape index (κ1) is 12.1. The van der Waals surface area contributed by atoms with Crippen molar-refractivity contribution in [2.45, 2.75) is 13.5 Å². The van der Waals surface area contributed by atoms with Gasteiger partial charge in [0.15, 0.2) is 0 Å². The van der Waals surface area contributed by atoms with Crippen LogP contribution in [0.3, 0.4) is 0 Å². The van der Waals surface area contributed by atoms with Gasteiger partial charge < -0.3 is 10.5 Å². The van der Waals surface area contributed by atoms with E-state index in [9.17, 15) is 0 Å². The molecule has 0 spiro atoms. The molecule has 0 aliphatic carbocycles. The van der Waals surface area contributed by atoms with Gasteiger partial charge in [-0.3, -0.25) is 0 Å². The molecule has 0 radical (unpaired) electrons. The van der Waals surface area contributed by atoms with E-state index >= 15 is 0 Å². The molecule has 0 saturated carbocycles. The molecule has 0 aliphatic rings. The molecular weight excluding hydrogens is 250 g/mol. The van der Waals surface area contributed by atoms with Gasteiger partial charge in [-0.15, -0.1) is 11.3 Å². The smallest absolute Gasteiger partial charge is 0.122 e. The maximum atomic E-state index is 5.74. The highest BCUT2D eigenvalue weighted by Crippen LogP contribution is 2.21. The van der Waals surface area contributed by atoms with Crippen LogP contribution in [0.5, 0.6) is 5.75 Å². The maximum absolute atomic E-state index is 5.74. The molecule has 2 aromatic rings. The fraction of sp³-hybridized carbons (Fsp3) is 0.154. The Kier molecular flexibility index (Phi) is 3.76. The summed E-state index contributed by atoms with van der Waals surface area (Å²) < 4.78 is 5.74. The summed E-state index contributed by atoms with van der Waals surface area (Å²) in [6, 6.07) is 9.83. The van der Waals surface area contributed by atoms with Crippen molar-refractivity contribution in [3.05, 3.63) is 51.7 Å². The van der Waals surface area contributed by atoms with E-state index < -0.39 is 0 Å². The van der Waals surface area contributed by atoms with Crippen molar-refractivity contribution in [2.75, 3.05) is 0 Å². The maximum Gasteiger partial charge on any atom is 0.122 e. The van der Waals surface area contributed by atoms with Crippen molar-refractivity contribution in [3.8, 4) is 5.75 Å². The lowest BCUT2D eigenvalue weighted by atomic mass is 10.1. The Morgan fingerprint density at radius 1 is 1.41 bits per heavy atom. The third-order valence-electron chi connectivity index (χ3n) is 2.41. The summed E-state index contributed by atoms with van der Waals surface area (Å²) in [7, 11) is 0. The normalized spacial score (nSPS) is 10.2. The van der Waals surface area contributed by atoms with E-state index in [0.29, 0.717) is 11.6 Å². The SMILES string of the molecule is Cc1cc(C(N)=S)ccc1OCc1cccs1. The molecule has 17 heavy (non-hydrogen) atoms. The van der Waals surface area contributed by atoms with E-state index in [4.69, 9.17) is 22.7 Å². The summed E-state index contributed by atoms with van der Waals surface area (Å²) in [4.78, 5) is 1.63. The lowest BCUT2D eigenvalue weighted by Gasteiger charge is -2.09.